The van der Waals surface area contributed by atoms with Gasteiger partial charge in [-0.25, -0.2) is 4.98 Å². The Balaban J connectivity index is 1.90. The third kappa shape index (κ3) is 4.35. The first-order valence-electron chi connectivity index (χ1n) is 6.18. The molecule has 2 rings (SSSR count). The van der Waals surface area contributed by atoms with Crippen LogP contribution in [0.5, 0.6) is 5.75 Å². The van der Waals surface area contributed by atoms with Crippen LogP contribution in [0.25, 0.3) is 0 Å². The number of aryl methyl sites for hydroxylation is 1. The minimum atomic E-state index is 0.0820. The molecule has 1 atom stereocenters. The topological polar surface area (TPSA) is 47.0 Å². The summed E-state index contributed by atoms with van der Waals surface area (Å²) in [6, 6.07) is 8.04. The zero-order valence-corrected chi connectivity index (χ0v) is 13.6. The van der Waals surface area contributed by atoms with Gasteiger partial charge in [0.05, 0.1) is 10.5 Å². The summed E-state index contributed by atoms with van der Waals surface area (Å²) in [7, 11) is 0. The molecule has 1 aromatic heterocycles. The van der Waals surface area contributed by atoms with Gasteiger partial charge in [-0.15, -0.1) is 0 Å². The summed E-state index contributed by atoms with van der Waals surface area (Å²) < 4.78 is 6.48. The molecule has 0 spiro atoms. The Morgan fingerprint density at radius 2 is 2.05 bits per heavy atom. The molecular formula is C14H15BrClN3O. The van der Waals surface area contributed by atoms with E-state index in [2.05, 4.69) is 31.2 Å². The minimum Gasteiger partial charge on any atom is -0.491 e. The standard InChI is InChI=1S/C14H15BrClN3O/c1-9-3-5-11(6-4-9)20-8-10(2)18-13-12(15)7-17-14(16)19-13/h3-7,10H,8H2,1-2H3,(H,17,18,19). The highest BCUT2D eigenvalue weighted by molar-refractivity contribution is 9.10. The van der Waals surface area contributed by atoms with Crippen molar-refractivity contribution >= 4 is 33.3 Å². The Morgan fingerprint density at radius 3 is 2.75 bits per heavy atom. The van der Waals surface area contributed by atoms with Crippen LogP contribution in [0.3, 0.4) is 0 Å². The summed E-state index contributed by atoms with van der Waals surface area (Å²) in [4.78, 5) is 8.00. The van der Waals surface area contributed by atoms with Crippen LogP contribution in [0, 0.1) is 6.92 Å². The number of anilines is 1. The van der Waals surface area contributed by atoms with Gasteiger partial charge in [-0.1, -0.05) is 17.7 Å². The molecule has 6 heteroatoms. The molecule has 1 N–H and O–H groups in total. The molecule has 0 saturated heterocycles. The molecule has 2 aromatic rings. The maximum Gasteiger partial charge on any atom is 0.224 e. The number of hydrogen-bond donors (Lipinski definition) is 1. The Kier molecular flexibility index (Phi) is 5.20. The normalized spacial score (nSPS) is 12.0. The second-order valence-electron chi connectivity index (χ2n) is 4.51. The minimum absolute atomic E-state index is 0.0820. The SMILES string of the molecule is Cc1ccc(OCC(C)Nc2nc(Cl)ncc2Br)cc1. The summed E-state index contributed by atoms with van der Waals surface area (Å²) >= 11 is 9.15. The lowest BCUT2D eigenvalue weighted by atomic mass is 10.2. The molecule has 0 radical (unpaired) electrons. The lowest BCUT2D eigenvalue weighted by Gasteiger charge is -2.16. The van der Waals surface area contributed by atoms with Crippen molar-refractivity contribution in [1.29, 1.82) is 0 Å². The summed E-state index contributed by atoms with van der Waals surface area (Å²) in [5, 5.41) is 3.44. The average molecular weight is 357 g/mol. The molecule has 0 bridgehead atoms. The smallest absolute Gasteiger partial charge is 0.224 e. The van der Waals surface area contributed by atoms with Crippen molar-refractivity contribution in [2.75, 3.05) is 11.9 Å². The first kappa shape index (κ1) is 15.1. The fraction of sp³-hybridized carbons (Fsp3) is 0.286. The van der Waals surface area contributed by atoms with Crippen molar-refractivity contribution < 1.29 is 4.74 Å². The maximum absolute atomic E-state index is 5.77. The van der Waals surface area contributed by atoms with E-state index in [9.17, 15) is 0 Å². The van der Waals surface area contributed by atoms with Crippen LogP contribution in [0.1, 0.15) is 12.5 Å². The molecule has 20 heavy (non-hydrogen) atoms. The summed E-state index contributed by atoms with van der Waals surface area (Å²) in [6.45, 7) is 4.58. The van der Waals surface area contributed by atoms with Crippen molar-refractivity contribution in [3.8, 4) is 5.75 Å². The third-order valence-corrected chi connectivity index (χ3v) is 3.38. The molecule has 1 unspecified atom stereocenters. The van der Waals surface area contributed by atoms with E-state index in [1.165, 1.54) is 5.56 Å². The van der Waals surface area contributed by atoms with Crippen LogP contribution in [0.4, 0.5) is 5.82 Å². The molecule has 0 aliphatic heterocycles. The maximum atomic E-state index is 5.77. The Bertz CT molecular complexity index is 577. The number of aromatic nitrogens is 2. The summed E-state index contributed by atoms with van der Waals surface area (Å²) in [5.41, 5.74) is 1.21. The number of hydrogen-bond acceptors (Lipinski definition) is 4. The molecule has 106 valence electrons. The van der Waals surface area contributed by atoms with Gasteiger partial charge in [-0.05, 0) is 53.5 Å². The van der Waals surface area contributed by atoms with Crippen LogP contribution < -0.4 is 10.1 Å². The molecule has 0 amide bonds. The van der Waals surface area contributed by atoms with E-state index in [4.69, 9.17) is 16.3 Å². The molecule has 1 heterocycles. The summed E-state index contributed by atoms with van der Waals surface area (Å²) in [6.07, 6.45) is 1.62. The second kappa shape index (κ2) is 6.90. The van der Waals surface area contributed by atoms with Gasteiger partial charge in [0, 0.05) is 6.20 Å². The Morgan fingerprint density at radius 1 is 1.35 bits per heavy atom. The van der Waals surface area contributed by atoms with Gasteiger partial charge < -0.3 is 10.1 Å². The van der Waals surface area contributed by atoms with E-state index in [0.717, 1.165) is 10.2 Å². The molecule has 0 aliphatic carbocycles. The molecule has 4 nitrogen and oxygen atoms in total. The predicted molar refractivity (Wildman–Crippen MR) is 84.5 cm³/mol. The monoisotopic (exact) mass is 355 g/mol. The van der Waals surface area contributed by atoms with Crippen LogP contribution in [-0.2, 0) is 0 Å². The van der Waals surface area contributed by atoms with Gasteiger partial charge in [-0.2, -0.15) is 4.98 Å². The number of nitrogens with one attached hydrogen (secondary N) is 1. The van der Waals surface area contributed by atoms with Crippen molar-refractivity contribution in [1.82, 2.24) is 9.97 Å². The van der Waals surface area contributed by atoms with Gasteiger partial charge in [0.25, 0.3) is 0 Å². The first-order chi connectivity index (χ1) is 9.54. The van der Waals surface area contributed by atoms with Gasteiger partial charge in [0.2, 0.25) is 5.28 Å². The molecule has 0 aliphatic rings. The highest BCUT2D eigenvalue weighted by atomic mass is 79.9. The van der Waals surface area contributed by atoms with E-state index in [-0.39, 0.29) is 11.3 Å². The number of nitrogens with zero attached hydrogens (tertiary/aromatic N) is 2. The van der Waals surface area contributed by atoms with Crippen LogP contribution in [0.15, 0.2) is 34.9 Å². The molecule has 0 saturated carbocycles. The number of halogens is 2. The average Bonchev–Trinajstić information content (AvgIpc) is 2.42. The predicted octanol–water partition coefficient (Wildman–Crippen LogP) is 4.08. The van der Waals surface area contributed by atoms with Gasteiger partial charge in [0.15, 0.2) is 0 Å². The highest BCUT2D eigenvalue weighted by Crippen LogP contribution is 2.21. The van der Waals surface area contributed by atoms with Crippen LogP contribution in [-0.4, -0.2) is 22.6 Å². The number of ether oxygens (including phenoxy) is 1. The lowest BCUT2D eigenvalue weighted by molar-refractivity contribution is 0.303. The van der Waals surface area contributed by atoms with Crippen LogP contribution >= 0.6 is 27.5 Å². The van der Waals surface area contributed by atoms with E-state index in [1.54, 1.807) is 6.20 Å². The fourth-order valence-corrected chi connectivity index (χ4v) is 2.02. The molecular weight excluding hydrogens is 342 g/mol. The number of benzene rings is 1. The van der Waals surface area contributed by atoms with Crippen molar-refractivity contribution in [3.63, 3.8) is 0 Å². The van der Waals surface area contributed by atoms with E-state index >= 15 is 0 Å². The van der Waals surface area contributed by atoms with E-state index < -0.39 is 0 Å². The highest BCUT2D eigenvalue weighted by Gasteiger charge is 2.08. The zero-order valence-electron chi connectivity index (χ0n) is 11.2. The molecule has 1 aromatic carbocycles. The van der Waals surface area contributed by atoms with Crippen molar-refractivity contribution in [2.45, 2.75) is 19.9 Å². The van der Waals surface area contributed by atoms with Crippen molar-refractivity contribution in [2.24, 2.45) is 0 Å². The van der Waals surface area contributed by atoms with Gasteiger partial charge >= 0.3 is 0 Å². The van der Waals surface area contributed by atoms with Crippen molar-refractivity contribution in [3.05, 3.63) is 45.8 Å². The van der Waals surface area contributed by atoms with E-state index in [0.29, 0.717) is 12.4 Å². The summed E-state index contributed by atoms with van der Waals surface area (Å²) in [5.74, 6) is 1.51. The number of rotatable bonds is 5. The zero-order chi connectivity index (χ0) is 14.5. The van der Waals surface area contributed by atoms with Gasteiger partial charge in [-0.3, -0.25) is 0 Å². The van der Waals surface area contributed by atoms with E-state index in [1.807, 2.05) is 38.1 Å². The third-order valence-electron chi connectivity index (χ3n) is 2.62. The van der Waals surface area contributed by atoms with Crippen LogP contribution in [0.2, 0.25) is 5.28 Å². The Labute approximate surface area is 131 Å². The second-order valence-corrected chi connectivity index (χ2v) is 5.70. The first-order valence-corrected chi connectivity index (χ1v) is 7.36. The van der Waals surface area contributed by atoms with Gasteiger partial charge in [0.1, 0.15) is 18.2 Å². The fourth-order valence-electron chi connectivity index (χ4n) is 1.58. The largest absolute Gasteiger partial charge is 0.491 e. The molecule has 0 fully saturated rings. The quantitative estimate of drug-likeness (QED) is 0.820. The Hall–Kier alpha value is -1.33. The lowest BCUT2D eigenvalue weighted by Crippen LogP contribution is -2.24.